The molecule has 0 saturated carbocycles. The number of aryl methyl sites for hydroxylation is 1. The number of phenolic OH excluding ortho intramolecular Hbond substituents is 1. The summed E-state index contributed by atoms with van der Waals surface area (Å²) >= 11 is 0. The molecule has 0 aliphatic rings. The average Bonchev–Trinajstić information content (AvgIpc) is 2.14. The number of aromatic hydroxyl groups is 1. The Morgan fingerprint density at radius 3 is 2.67 bits per heavy atom. The van der Waals surface area contributed by atoms with Gasteiger partial charge in [0.1, 0.15) is 11.5 Å². The third-order valence-electron chi connectivity index (χ3n) is 1.96. The van der Waals surface area contributed by atoms with E-state index < -0.39 is 6.10 Å². The Balaban J connectivity index is 2.76. The summed E-state index contributed by atoms with van der Waals surface area (Å²) in [6.45, 7) is 3.50. The first-order valence-electron chi connectivity index (χ1n) is 4.72. The van der Waals surface area contributed by atoms with Gasteiger partial charge in [0.05, 0.1) is 0 Å². The summed E-state index contributed by atoms with van der Waals surface area (Å²) in [6, 6.07) is 4.86. The number of carbonyl (C=O) groups is 1. The molecule has 1 amide bonds. The number of nitrogens with one attached hydrogen (secondary N) is 1. The number of benzene rings is 1. The number of rotatable bonds is 3. The van der Waals surface area contributed by atoms with Crippen molar-refractivity contribution in [3.05, 3.63) is 23.8 Å². The quantitative estimate of drug-likeness (QED) is 0.786. The predicted molar refractivity (Wildman–Crippen MR) is 57.0 cm³/mol. The number of phenols is 1. The Morgan fingerprint density at radius 1 is 1.47 bits per heavy atom. The second-order valence-corrected chi connectivity index (χ2v) is 3.38. The molecule has 15 heavy (non-hydrogen) atoms. The molecule has 1 unspecified atom stereocenters. The smallest absolute Gasteiger partial charge is 0.260 e. The molecule has 82 valence electrons. The summed E-state index contributed by atoms with van der Waals surface area (Å²) in [7, 11) is 1.55. The Bertz CT molecular complexity index is 343. The van der Waals surface area contributed by atoms with Crippen molar-refractivity contribution in [2.75, 3.05) is 7.05 Å². The molecule has 1 rings (SSSR count). The van der Waals surface area contributed by atoms with Gasteiger partial charge in [-0.15, -0.1) is 0 Å². The topological polar surface area (TPSA) is 58.6 Å². The first-order valence-corrected chi connectivity index (χ1v) is 4.72. The van der Waals surface area contributed by atoms with E-state index in [1.165, 1.54) is 6.07 Å². The second kappa shape index (κ2) is 4.68. The molecule has 2 N–H and O–H groups in total. The monoisotopic (exact) mass is 209 g/mol. The summed E-state index contributed by atoms with van der Waals surface area (Å²) in [5, 5.41) is 11.8. The zero-order valence-electron chi connectivity index (χ0n) is 9.07. The summed E-state index contributed by atoms with van der Waals surface area (Å²) in [5.74, 6) is 0.425. The van der Waals surface area contributed by atoms with Gasteiger partial charge >= 0.3 is 0 Å². The lowest BCUT2D eigenvalue weighted by Gasteiger charge is -2.13. The van der Waals surface area contributed by atoms with Gasteiger partial charge < -0.3 is 15.2 Å². The van der Waals surface area contributed by atoms with Gasteiger partial charge in [-0.2, -0.15) is 0 Å². The van der Waals surface area contributed by atoms with Crippen LogP contribution in [0.1, 0.15) is 12.5 Å². The van der Waals surface area contributed by atoms with Gasteiger partial charge in [0.2, 0.25) is 0 Å². The van der Waals surface area contributed by atoms with Gasteiger partial charge in [-0.1, -0.05) is 0 Å². The molecule has 0 bridgehead atoms. The maximum atomic E-state index is 11.2. The van der Waals surface area contributed by atoms with E-state index in [1.54, 1.807) is 26.1 Å². The van der Waals surface area contributed by atoms with Gasteiger partial charge in [-0.3, -0.25) is 4.79 Å². The molecule has 0 aliphatic carbocycles. The fourth-order valence-corrected chi connectivity index (χ4v) is 1.26. The van der Waals surface area contributed by atoms with Gasteiger partial charge in [0.25, 0.3) is 5.91 Å². The van der Waals surface area contributed by atoms with Crippen molar-refractivity contribution in [3.63, 3.8) is 0 Å². The second-order valence-electron chi connectivity index (χ2n) is 3.38. The summed E-state index contributed by atoms with van der Waals surface area (Å²) in [5.41, 5.74) is 0.883. The molecule has 4 heteroatoms. The van der Waals surface area contributed by atoms with E-state index in [1.807, 2.05) is 6.92 Å². The predicted octanol–water partition coefficient (Wildman–Crippen LogP) is 1.21. The molecular formula is C11H15NO3. The molecule has 0 spiro atoms. The van der Waals surface area contributed by atoms with Crippen LogP contribution in [0.15, 0.2) is 18.2 Å². The molecule has 1 aromatic rings. The molecule has 0 aliphatic heterocycles. The molecule has 4 nitrogen and oxygen atoms in total. The van der Waals surface area contributed by atoms with Gasteiger partial charge in [0.15, 0.2) is 6.10 Å². The van der Waals surface area contributed by atoms with E-state index >= 15 is 0 Å². The molecule has 0 aromatic heterocycles. The maximum absolute atomic E-state index is 11.2. The molecule has 1 aromatic carbocycles. The van der Waals surface area contributed by atoms with Gasteiger partial charge in [-0.25, -0.2) is 0 Å². The molecule has 0 heterocycles. The minimum atomic E-state index is -0.573. The molecule has 0 radical (unpaired) electrons. The molecule has 0 fully saturated rings. The van der Waals surface area contributed by atoms with Crippen molar-refractivity contribution in [3.8, 4) is 11.5 Å². The largest absolute Gasteiger partial charge is 0.508 e. The normalized spacial score (nSPS) is 11.9. The third kappa shape index (κ3) is 3.16. The third-order valence-corrected chi connectivity index (χ3v) is 1.96. The highest BCUT2D eigenvalue weighted by molar-refractivity contribution is 5.80. The lowest BCUT2D eigenvalue weighted by Crippen LogP contribution is -2.33. The van der Waals surface area contributed by atoms with Crippen molar-refractivity contribution in [1.29, 1.82) is 0 Å². The van der Waals surface area contributed by atoms with Crippen LogP contribution in [0.25, 0.3) is 0 Å². The average molecular weight is 209 g/mol. The van der Waals surface area contributed by atoms with Crippen LogP contribution < -0.4 is 10.1 Å². The number of hydrogen-bond donors (Lipinski definition) is 2. The number of likely N-dealkylation sites (N-methyl/N-ethyl adjacent to an activating group) is 1. The van der Waals surface area contributed by atoms with E-state index in [2.05, 4.69) is 5.32 Å². The van der Waals surface area contributed by atoms with E-state index in [9.17, 15) is 9.90 Å². The minimum Gasteiger partial charge on any atom is -0.508 e. The van der Waals surface area contributed by atoms with Crippen molar-refractivity contribution < 1.29 is 14.6 Å². The van der Waals surface area contributed by atoms with Crippen molar-refractivity contribution in [2.24, 2.45) is 0 Å². The first-order chi connectivity index (χ1) is 7.02. The van der Waals surface area contributed by atoms with Gasteiger partial charge in [-0.05, 0) is 31.5 Å². The van der Waals surface area contributed by atoms with E-state index in [4.69, 9.17) is 4.74 Å². The maximum Gasteiger partial charge on any atom is 0.260 e. The number of amides is 1. The van der Waals surface area contributed by atoms with Crippen LogP contribution in [0.5, 0.6) is 11.5 Å². The number of hydrogen-bond acceptors (Lipinski definition) is 3. The van der Waals surface area contributed by atoms with Crippen molar-refractivity contribution in [1.82, 2.24) is 5.32 Å². The van der Waals surface area contributed by atoms with E-state index in [-0.39, 0.29) is 11.7 Å². The molecular weight excluding hydrogens is 194 g/mol. The standard InChI is InChI=1S/C11H15NO3/c1-7-4-9(13)6-10(5-7)15-8(2)11(14)12-3/h4-6,8,13H,1-3H3,(H,12,14). The van der Waals surface area contributed by atoms with Crippen molar-refractivity contribution >= 4 is 5.91 Å². The van der Waals surface area contributed by atoms with Crippen LogP contribution in [-0.4, -0.2) is 24.2 Å². The summed E-state index contributed by atoms with van der Waals surface area (Å²) in [4.78, 5) is 11.2. The van der Waals surface area contributed by atoms with Crippen LogP contribution in [-0.2, 0) is 4.79 Å². The zero-order chi connectivity index (χ0) is 11.4. The van der Waals surface area contributed by atoms with Gasteiger partial charge in [0, 0.05) is 13.1 Å². The van der Waals surface area contributed by atoms with Crippen LogP contribution in [0.2, 0.25) is 0 Å². The van der Waals surface area contributed by atoms with Crippen molar-refractivity contribution in [2.45, 2.75) is 20.0 Å². The number of ether oxygens (including phenoxy) is 1. The SMILES string of the molecule is CNC(=O)C(C)Oc1cc(C)cc(O)c1. The summed E-state index contributed by atoms with van der Waals surface area (Å²) in [6.07, 6.45) is -0.573. The van der Waals surface area contributed by atoms with Crippen LogP contribution >= 0.6 is 0 Å². The number of carbonyl (C=O) groups excluding carboxylic acids is 1. The lowest BCUT2D eigenvalue weighted by molar-refractivity contribution is -0.126. The minimum absolute atomic E-state index is 0.133. The summed E-state index contributed by atoms with van der Waals surface area (Å²) < 4.78 is 5.36. The Hall–Kier alpha value is -1.71. The van der Waals surface area contributed by atoms with Crippen LogP contribution in [0.3, 0.4) is 0 Å². The first kappa shape index (κ1) is 11.4. The lowest BCUT2D eigenvalue weighted by atomic mass is 10.2. The highest BCUT2D eigenvalue weighted by atomic mass is 16.5. The Labute approximate surface area is 88.9 Å². The molecule has 0 saturated heterocycles. The fourth-order valence-electron chi connectivity index (χ4n) is 1.26. The van der Waals surface area contributed by atoms with E-state index in [0.717, 1.165) is 5.56 Å². The Morgan fingerprint density at radius 2 is 2.13 bits per heavy atom. The fraction of sp³-hybridized carbons (Fsp3) is 0.364. The van der Waals surface area contributed by atoms with Crippen LogP contribution in [0, 0.1) is 6.92 Å². The zero-order valence-corrected chi connectivity index (χ0v) is 9.07. The highest BCUT2D eigenvalue weighted by Crippen LogP contribution is 2.22. The Kier molecular flexibility index (Phi) is 3.55. The van der Waals surface area contributed by atoms with Crippen LogP contribution in [0.4, 0.5) is 0 Å². The molecule has 1 atom stereocenters. The highest BCUT2D eigenvalue weighted by Gasteiger charge is 2.12. The van der Waals surface area contributed by atoms with E-state index in [0.29, 0.717) is 5.75 Å².